The van der Waals surface area contributed by atoms with E-state index in [9.17, 15) is 4.79 Å². The zero-order valence-electron chi connectivity index (χ0n) is 11.9. The minimum atomic E-state index is -1.01. The molecule has 0 amide bonds. The van der Waals surface area contributed by atoms with Gasteiger partial charge in [0.1, 0.15) is 5.75 Å². The van der Waals surface area contributed by atoms with E-state index < -0.39 is 8.15 Å². The molecule has 21 heavy (non-hydrogen) atoms. The fraction of sp³-hybridized carbons (Fsp3) is 0.188. The van der Waals surface area contributed by atoms with E-state index in [0.29, 0.717) is 22.9 Å². The third-order valence-electron chi connectivity index (χ3n) is 2.87. The number of aldehydes is 1. The Balaban J connectivity index is 2.51. The van der Waals surface area contributed by atoms with Crippen LogP contribution in [0.15, 0.2) is 42.5 Å². The molecule has 0 aliphatic rings. The number of hydrogen-bond donors (Lipinski definition) is 0. The lowest BCUT2D eigenvalue weighted by Gasteiger charge is -2.19. The van der Waals surface area contributed by atoms with Gasteiger partial charge in [0, 0.05) is 17.2 Å². The Hall–Kier alpha value is -1.41. The summed E-state index contributed by atoms with van der Waals surface area (Å²) >= 11 is 6.22. The summed E-state index contributed by atoms with van der Waals surface area (Å²) in [5, 5.41) is 2.39. The molecule has 2 aromatic carbocycles. The molecule has 5 heteroatoms. The van der Waals surface area contributed by atoms with Gasteiger partial charge in [-0.2, -0.15) is 0 Å². The maximum atomic E-state index is 11.2. The Morgan fingerprint density at radius 1 is 1.19 bits per heavy atom. The van der Waals surface area contributed by atoms with E-state index in [0.717, 1.165) is 16.9 Å². The molecule has 0 N–H and O–H groups in total. The molecule has 0 saturated carbocycles. The van der Waals surface area contributed by atoms with Gasteiger partial charge in [-0.3, -0.25) is 4.79 Å². The van der Waals surface area contributed by atoms with Gasteiger partial charge in [-0.05, 0) is 19.1 Å². The van der Waals surface area contributed by atoms with Crippen LogP contribution < -0.4 is 15.3 Å². The van der Waals surface area contributed by atoms with Crippen LogP contribution in [0.1, 0.15) is 17.3 Å². The summed E-state index contributed by atoms with van der Waals surface area (Å²) in [7, 11) is 0.491. The average molecular weight is 323 g/mol. The number of carbonyl (C=O) groups excluding carboxylic acids is 1. The smallest absolute Gasteiger partial charge is 0.153 e. The molecule has 1 atom stereocenters. The highest BCUT2D eigenvalue weighted by molar-refractivity contribution is 7.68. The van der Waals surface area contributed by atoms with Crippen molar-refractivity contribution in [1.82, 2.24) is 0 Å². The second kappa shape index (κ2) is 7.56. The van der Waals surface area contributed by atoms with Crippen molar-refractivity contribution >= 4 is 36.6 Å². The van der Waals surface area contributed by atoms with Crippen molar-refractivity contribution in [2.45, 2.75) is 6.92 Å². The monoisotopic (exact) mass is 322 g/mol. The summed E-state index contributed by atoms with van der Waals surface area (Å²) in [5.41, 5.74) is 0.433. The average Bonchev–Trinajstić information content (AvgIpc) is 2.52. The van der Waals surface area contributed by atoms with Gasteiger partial charge in [-0.25, -0.2) is 0 Å². The van der Waals surface area contributed by atoms with Crippen LogP contribution in [0.25, 0.3) is 0 Å². The summed E-state index contributed by atoms with van der Waals surface area (Å²) in [6.45, 7) is 2.53. The van der Waals surface area contributed by atoms with Crippen molar-refractivity contribution in [3.63, 3.8) is 0 Å². The summed E-state index contributed by atoms with van der Waals surface area (Å²) < 4.78 is 11.1. The summed E-state index contributed by atoms with van der Waals surface area (Å²) in [6.07, 6.45) is 0.749. The molecule has 2 aromatic rings. The van der Waals surface area contributed by atoms with E-state index in [1.54, 1.807) is 6.07 Å². The van der Waals surface area contributed by atoms with Crippen LogP contribution in [0.4, 0.5) is 0 Å². The van der Waals surface area contributed by atoms with E-state index in [-0.39, 0.29) is 0 Å². The maximum Gasteiger partial charge on any atom is 0.153 e. The highest BCUT2D eigenvalue weighted by atomic mass is 35.5. The number of halogens is 1. The number of hydrogen-bond acceptors (Lipinski definition) is 3. The highest BCUT2D eigenvalue weighted by Crippen LogP contribution is 2.38. The molecule has 3 nitrogen and oxygen atoms in total. The molecule has 0 bridgehead atoms. The predicted molar refractivity (Wildman–Crippen MR) is 87.6 cm³/mol. The maximum absolute atomic E-state index is 11.2. The Bertz CT molecular complexity index is 616. The predicted octanol–water partition coefficient (Wildman–Crippen LogP) is 3.55. The molecule has 0 spiro atoms. The van der Waals surface area contributed by atoms with Crippen molar-refractivity contribution in [3.8, 4) is 5.75 Å². The van der Waals surface area contributed by atoms with Gasteiger partial charge in [0.2, 0.25) is 0 Å². The Morgan fingerprint density at radius 3 is 2.48 bits per heavy atom. The molecule has 1 unspecified atom stereocenters. The fourth-order valence-electron chi connectivity index (χ4n) is 2.01. The summed E-state index contributed by atoms with van der Waals surface area (Å²) in [6, 6.07) is 13.5. The van der Waals surface area contributed by atoms with E-state index in [1.807, 2.05) is 43.3 Å². The minimum Gasteiger partial charge on any atom is -0.494 e. The highest BCUT2D eigenvalue weighted by Gasteiger charge is 2.19. The van der Waals surface area contributed by atoms with Crippen molar-refractivity contribution in [2.24, 2.45) is 0 Å². The van der Waals surface area contributed by atoms with Gasteiger partial charge in [0.05, 0.1) is 25.8 Å². The quantitative estimate of drug-likeness (QED) is 0.603. The first kappa shape index (κ1) is 16.0. The van der Waals surface area contributed by atoms with Crippen LogP contribution in [-0.2, 0) is 4.52 Å². The number of ether oxygens (including phenoxy) is 1. The Kier molecular flexibility index (Phi) is 5.75. The number of carbonyl (C=O) groups is 1. The van der Waals surface area contributed by atoms with Crippen LogP contribution in [0, 0.1) is 0 Å². The van der Waals surface area contributed by atoms with E-state index in [2.05, 4.69) is 0 Å². The zero-order chi connectivity index (χ0) is 15.2. The molecule has 0 heterocycles. The van der Waals surface area contributed by atoms with Crippen LogP contribution in [-0.4, -0.2) is 20.0 Å². The lowest BCUT2D eigenvalue weighted by atomic mass is 10.2. The standard InChI is InChI=1S/C16H16ClO3P/c1-3-20-21(13-7-5-4-6-8-13)14-9-12(11-18)16(19-2)15(17)10-14/h4-11H,3H2,1-2H3. The second-order valence-corrected chi connectivity index (χ2v) is 6.50. The molecule has 0 aliphatic heterocycles. The molecule has 0 fully saturated rings. The topological polar surface area (TPSA) is 35.5 Å². The molecule has 0 radical (unpaired) electrons. The molecule has 110 valence electrons. The van der Waals surface area contributed by atoms with Crippen molar-refractivity contribution in [3.05, 3.63) is 53.1 Å². The van der Waals surface area contributed by atoms with Gasteiger partial charge in [-0.15, -0.1) is 0 Å². The SMILES string of the molecule is CCOP(c1ccccc1)c1cc(Cl)c(OC)c(C=O)c1. The first-order valence-corrected chi connectivity index (χ1v) is 8.15. The Morgan fingerprint density at radius 2 is 1.90 bits per heavy atom. The van der Waals surface area contributed by atoms with E-state index in [4.69, 9.17) is 20.9 Å². The molecule has 0 aromatic heterocycles. The Labute approximate surface area is 130 Å². The first-order chi connectivity index (χ1) is 10.2. The number of rotatable bonds is 6. The van der Waals surface area contributed by atoms with Crippen molar-refractivity contribution < 1.29 is 14.1 Å². The number of methoxy groups -OCH3 is 1. The van der Waals surface area contributed by atoms with Crippen LogP contribution in [0.3, 0.4) is 0 Å². The fourth-order valence-corrected chi connectivity index (χ4v) is 4.19. The van der Waals surface area contributed by atoms with E-state index >= 15 is 0 Å². The lowest BCUT2D eigenvalue weighted by Crippen LogP contribution is -2.15. The van der Waals surface area contributed by atoms with Crippen LogP contribution in [0.5, 0.6) is 5.75 Å². The second-order valence-electron chi connectivity index (χ2n) is 4.22. The number of benzene rings is 2. The van der Waals surface area contributed by atoms with Crippen molar-refractivity contribution in [2.75, 3.05) is 13.7 Å². The molecular formula is C16H16ClO3P. The molecule has 2 rings (SSSR count). The third kappa shape index (κ3) is 3.62. The largest absolute Gasteiger partial charge is 0.494 e. The molecular weight excluding hydrogens is 307 g/mol. The zero-order valence-corrected chi connectivity index (χ0v) is 13.5. The summed E-state index contributed by atoms with van der Waals surface area (Å²) in [5.74, 6) is 0.398. The van der Waals surface area contributed by atoms with Crippen LogP contribution >= 0.6 is 19.7 Å². The third-order valence-corrected chi connectivity index (χ3v) is 5.16. The van der Waals surface area contributed by atoms with Gasteiger partial charge in [-0.1, -0.05) is 41.9 Å². The minimum absolute atomic E-state index is 0.398. The molecule has 0 saturated heterocycles. The van der Waals surface area contributed by atoms with Gasteiger partial charge in [0.25, 0.3) is 0 Å². The van der Waals surface area contributed by atoms with Crippen molar-refractivity contribution in [1.29, 1.82) is 0 Å². The van der Waals surface area contributed by atoms with Gasteiger partial charge >= 0.3 is 0 Å². The van der Waals surface area contributed by atoms with E-state index in [1.165, 1.54) is 7.11 Å². The van der Waals surface area contributed by atoms with Gasteiger partial charge in [0.15, 0.2) is 6.29 Å². The summed E-state index contributed by atoms with van der Waals surface area (Å²) in [4.78, 5) is 11.2. The normalized spacial score (nSPS) is 12.0. The lowest BCUT2D eigenvalue weighted by molar-refractivity contribution is 0.112. The van der Waals surface area contributed by atoms with Crippen LogP contribution in [0.2, 0.25) is 5.02 Å². The first-order valence-electron chi connectivity index (χ1n) is 6.52. The molecule has 0 aliphatic carbocycles. The van der Waals surface area contributed by atoms with Gasteiger partial charge < -0.3 is 9.26 Å².